The minimum absolute atomic E-state index is 0.150. The number of aliphatic carboxylic acids is 1. The van der Waals surface area contributed by atoms with E-state index in [0.717, 1.165) is 11.3 Å². The SMILES string of the molecule is Cc1n[c]sc1C(=O)C(=O)O. The number of carbonyl (C=O) groups is 2. The summed E-state index contributed by atoms with van der Waals surface area (Å²) in [6.07, 6.45) is 0. The fraction of sp³-hybridized carbons (Fsp3) is 0.167. The molecule has 0 spiro atoms. The van der Waals surface area contributed by atoms with Gasteiger partial charge in [0.1, 0.15) is 4.88 Å². The number of Topliss-reactive ketones (excluding diaryl/α,β-unsaturated/α-hetero) is 1. The monoisotopic (exact) mass is 170 g/mol. The molecule has 0 unspecified atom stereocenters. The summed E-state index contributed by atoms with van der Waals surface area (Å²) < 4.78 is 0. The Balaban J connectivity index is 3.02. The van der Waals surface area contributed by atoms with Crippen LogP contribution in [0, 0.1) is 12.4 Å². The molecular weight excluding hydrogens is 166 g/mol. The summed E-state index contributed by atoms with van der Waals surface area (Å²) in [4.78, 5) is 24.7. The average Bonchev–Trinajstić information content (AvgIpc) is 2.33. The van der Waals surface area contributed by atoms with Crippen molar-refractivity contribution in [1.29, 1.82) is 0 Å². The number of hydrogen-bond acceptors (Lipinski definition) is 4. The van der Waals surface area contributed by atoms with Crippen molar-refractivity contribution in [2.45, 2.75) is 6.92 Å². The molecule has 0 saturated heterocycles. The molecule has 0 bridgehead atoms. The Morgan fingerprint density at radius 3 is 2.64 bits per heavy atom. The lowest BCUT2D eigenvalue weighted by molar-refractivity contribution is -0.131. The van der Waals surface area contributed by atoms with Crippen LogP contribution in [0.2, 0.25) is 0 Å². The van der Waals surface area contributed by atoms with Crippen LogP contribution in [0.4, 0.5) is 0 Å². The number of aromatic nitrogens is 1. The maximum atomic E-state index is 10.8. The van der Waals surface area contributed by atoms with E-state index in [4.69, 9.17) is 5.11 Å². The largest absolute Gasteiger partial charge is 0.475 e. The molecule has 1 rings (SSSR count). The lowest BCUT2D eigenvalue weighted by atomic mass is 10.3. The minimum Gasteiger partial charge on any atom is -0.475 e. The Labute approximate surface area is 66.5 Å². The smallest absolute Gasteiger partial charge is 0.378 e. The topological polar surface area (TPSA) is 67.3 Å². The predicted octanol–water partition coefficient (Wildman–Crippen LogP) is 0.519. The zero-order chi connectivity index (χ0) is 8.43. The highest BCUT2D eigenvalue weighted by atomic mass is 32.1. The van der Waals surface area contributed by atoms with E-state index in [1.54, 1.807) is 6.92 Å². The van der Waals surface area contributed by atoms with Crippen LogP contribution in [0.3, 0.4) is 0 Å². The van der Waals surface area contributed by atoms with Gasteiger partial charge < -0.3 is 5.11 Å². The first-order valence-electron chi connectivity index (χ1n) is 2.74. The van der Waals surface area contributed by atoms with Crippen molar-refractivity contribution in [3.63, 3.8) is 0 Å². The van der Waals surface area contributed by atoms with Crippen LogP contribution >= 0.6 is 11.3 Å². The molecule has 0 saturated carbocycles. The number of nitrogens with zero attached hydrogens (tertiary/aromatic N) is 1. The molecule has 0 aromatic carbocycles. The van der Waals surface area contributed by atoms with Crippen LogP contribution in [0.1, 0.15) is 15.4 Å². The predicted molar refractivity (Wildman–Crippen MR) is 37.7 cm³/mol. The summed E-state index contributed by atoms with van der Waals surface area (Å²) in [6, 6.07) is 0. The zero-order valence-corrected chi connectivity index (χ0v) is 6.44. The molecular formula is C6H4NO3S. The molecule has 0 aliphatic rings. The second-order valence-corrected chi connectivity index (χ2v) is 2.65. The highest BCUT2D eigenvalue weighted by Crippen LogP contribution is 2.11. The van der Waals surface area contributed by atoms with Gasteiger partial charge in [-0.1, -0.05) is 0 Å². The summed E-state index contributed by atoms with van der Waals surface area (Å²) >= 11 is 0.919. The third kappa shape index (κ3) is 1.43. The van der Waals surface area contributed by atoms with E-state index >= 15 is 0 Å². The summed E-state index contributed by atoms with van der Waals surface area (Å²) in [5, 5.41) is 8.29. The van der Waals surface area contributed by atoms with Gasteiger partial charge in [-0.25, -0.2) is 9.78 Å². The Morgan fingerprint density at radius 2 is 2.27 bits per heavy atom. The molecule has 1 aromatic rings. The van der Waals surface area contributed by atoms with Gasteiger partial charge in [0.05, 0.1) is 5.69 Å². The number of carboxylic acid groups (broad SMARTS) is 1. The highest BCUT2D eigenvalue weighted by molar-refractivity contribution is 7.12. The molecule has 5 heteroatoms. The zero-order valence-electron chi connectivity index (χ0n) is 5.62. The molecule has 0 aliphatic heterocycles. The van der Waals surface area contributed by atoms with E-state index in [1.807, 2.05) is 0 Å². The quantitative estimate of drug-likeness (QED) is 0.519. The van der Waals surface area contributed by atoms with Crippen LogP contribution in [-0.4, -0.2) is 21.8 Å². The van der Waals surface area contributed by atoms with Gasteiger partial charge in [0.2, 0.25) is 0 Å². The molecule has 1 radical (unpaired) electrons. The van der Waals surface area contributed by atoms with Crippen molar-refractivity contribution >= 4 is 23.1 Å². The van der Waals surface area contributed by atoms with Gasteiger partial charge in [0.25, 0.3) is 5.78 Å². The van der Waals surface area contributed by atoms with Crippen molar-refractivity contribution in [3.8, 4) is 0 Å². The summed E-state index contributed by atoms with van der Waals surface area (Å²) in [5.41, 5.74) is 2.86. The number of ketones is 1. The van der Waals surface area contributed by atoms with Crippen molar-refractivity contribution in [2.75, 3.05) is 0 Å². The maximum absolute atomic E-state index is 10.8. The number of carboxylic acids is 1. The first-order valence-corrected chi connectivity index (χ1v) is 3.55. The van der Waals surface area contributed by atoms with Gasteiger partial charge in [0, 0.05) is 0 Å². The van der Waals surface area contributed by atoms with Crippen molar-refractivity contribution in [1.82, 2.24) is 4.98 Å². The first kappa shape index (κ1) is 7.87. The van der Waals surface area contributed by atoms with Gasteiger partial charge in [0.15, 0.2) is 5.51 Å². The summed E-state index contributed by atoms with van der Waals surface area (Å²) in [5.74, 6) is -2.37. The van der Waals surface area contributed by atoms with Gasteiger partial charge >= 0.3 is 5.97 Å². The molecule has 1 N–H and O–H groups in total. The Bertz CT molecular complexity index is 305. The number of hydrogen-bond donors (Lipinski definition) is 1. The molecule has 1 heterocycles. The molecule has 0 atom stereocenters. The Morgan fingerprint density at radius 1 is 1.64 bits per heavy atom. The van der Waals surface area contributed by atoms with E-state index in [-0.39, 0.29) is 4.88 Å². The van der Waals surface area contributed by atoms with E-state index < -0.39 is 11.8 Å². The molecule has 0 fully saturated rings. The second kappa shape index (κ2) is 2.79. The second-order valence-electron chi connectivity index (χ2n) is 1.85. The van der Waals surface area contributed by atoms with Gasteiger partial charge in [-0.05, 0) is 6.92 Å². The Hall–Kier alpha value is -1.23. The van der Waals surface area contributed by atoms with Crippen LogP contribution in [0.25, 0.3) is 0 Å². The molecule has 57 valence electrons. The van der Waals surface area contributed by atoms with E-state index in [0.29, 0.717) is 5.69 Å². The van der Waals surface area contributed by atoms with Crippen LogP contribution in [0.15, 0.2) is 0 Å². The fourth-order valence-corrected chi connectivity index (χ4v) is 1.22. The van der Waals surface area contributed by atoms with Crippen LogP contribution in [-0.2, 0) is 4.79 Å². The number of thiazole rings is 1. The number of rotatable bonds is 2. The molecule has 0 amide bonds. The molecule has 1 aromatic heterocycles. The lowest BCUT2D eigenvalue weighted by Gasteiger charge is -1.88. The third-order valence-corrected chi connectivity index (χ3v) is 1.96. The average molecular weight is 170 g/mol. The van der Waals surface area contributed by atoms with Crippen molar-refractivity contribution < 1.29 is 14.7 Å². The highest BCUT2D eigenvalue weighted by Gasteiger charge is 2.18. The van der Waals surface area contributed by atoms with E-state index in [2.05, 4.69) is 10.5 Å². The molecule has 11 heavy (non-hydrogen) atoms. The van der Waals surface area contributed by atoms with Gasteiger partial charge in [-0.2, -0.15) is 0 Å². The third-order valence-electron chi connectivity index (χ3n) is 1.09. The van der Waals surface area contributed by atoms with Gasteiger partial charge in [-0.3, -0.25) is 4.79 Å². The number of carbonyl (C=O) groups excluding carboxylic acids is 1. The van der Waals surface area contributed by atoms with Gasteiger partial charge in [-0.15, -0.1) is 11.3 Å². The number of aryl methyl sites for hydroxylation is 1. The standard InChI is InChI=1S/C6H4NO3S/c1-3-5(11-2-7-3)4(8)6(9)10/h1H3,(H,9,10). The van der Waals surface area contributed by atoms with E-state index in [9.17, 15) is 9.59 Å². The van der Waals surface area contributed by atoms with Crippen molar-refractivity contribution in [3.05, 3.63) is 16.1 Å². The lowest BCUT2D eigenvalue weighted by Crippen LogP contribution is -2.12. The van der Waals surface area contributed by atoms with Crippen LogP contribution in [0.5, 0.6) is 0 Å². The first-order chi connectivity index (χ1) is 5.13. The van der Waals surface area contributed by atoms with Crippen molar-refractivity contribution in [2.24, 2.45) is 0 Å². The summed E-state index contributed by atoms with van der Waals surface area (Å²) in [6.45, 7) is 1.57. The van der Waals surface area contributed by atoms with E-state index in [1.165, 1.54) is 0 Å². The molecule has 0 aliphatic carbocycles. The fourth-order valence-electron chi connectivity index (χ4n) is 0.569. The van der Waals surface area contributed by atoms with Crippen LogP contribution < -0.4 is 0 Å². The maximum Gasteiger partial charge on any atom is 0.378 e. The summed E-state index contributed by atoms with van der Waals surface area (Å²) in [7, 11) is 0. The molecule has 4 nitrogen and oxygen atoms in total. The minimum atomic E-state index is -1.45. The normalized spacial score (nSPS) is 9.55. The Kier molecular flexibility index (Phi) is 2.00.